The number of hydrogen-bond donors (Lipinski definition) is 0. The van der Waals surface area contributed by atoms with E-state index in [2.05, 4.69) is 6.07 Å². The van der Waals surface area contributed by atoms with Crippen molar-refractivity contribution in [2.75, 3.05) is 0 Å². The quantitative estimate of drug-likeness (QED) is 0.615. The fourth-order valence-electron chi connectivity index (χ4n) is 0.483. The second-order valence-electron chi connectivity index (χ2n) is 1.72. The van der Waals surface area contributed by atoms with E-state index >= 15 is 0 Å². The molecule has 0 aliphatic carbocycles. The maximum absolute atomic E-state index is 4.93. The summed E-state index contributed by atoms with van der Waals surface area (Å²) >= 11 is -1.62. The third kappa shape index (κ3) is 13.2. The van der Waals surface area contributed by atoms with Crippen LogP contribution in [0.2, 0.25) is 0 Å². The summed E-state index contributed by atoms with van der Waals surface area (Å²) in [5, 5.41) is 0. The molecule has 0 heterocycles. The molecule has 0 spiro atoms. The number of hydrogen-bond acceptors (Lipinski definition) is 0. The van der Waals surface area contributed by atoms with E-state index in [1.165, 1.54) is 5.56 Å². The van der Waals surface area contributed by atoms with Gasteiger partial charge < -0.3 is 6.15 Å². The molecule has 0 amide bonds. The monoisotopic (exact) mass is 264 g/mol. The smallest absolute Gasteiger partial charge is 0.693 e. The van der Waals surface area contributed by atoms with Crippen LogP contribution < -0.4 is 0 Å². The van der Waals surface area contributed by atoms with E-state index in [4.69, 9.17) is 30.1 Å². The molecule has 0 fully saturated rings. The molecule has 0 aromatic heterocycles. The second kappa shape index (κ2) is 9.67. The Morgan fingerprint density at radius 2 is 1.75 bits per heavy atom. The van der Waals surface area contributed by atoms with E-state index in [1.807, 2.05) is 31.2 Å². The Balaban J connectivity index is 0. The molecule has 0 atom stereocenters. The van der Waals surface area contributed by atoms with Crippen LogP contribution in [0.25, 0.3) is 6.15 Å². The Morgan fingerprint density at radius 1 is 1.25 bits per heavy atom. The van der Waals surface area contributed by atoms with Crippen molar-refractivity contribution in [2.24, 2.45) is 0 Å². The zero-order valence-corrected chi connectivity index (χ0v) is 9.97. The van der Waals surface area contributed by atoms with Gasteiger partial charge in [0.1, 0.15) is 0 Å². The van der Waals surface area contributed by atoms with E-state index in [-0.39, 0.29) is 6.15 Å². The first kappa shape index (κ1) is 15.1. The van der Waals surface area contributed by atoms with Crippen molar-refractivity contribution in [1.82, 2.24) is 0 Å². The summed E-state index contributed by atoms with van der Waals surface area (Å²) in [7, 11) is 14.8. The maximum atomic E-state index is 4.93. The van der Waals surface area contributed by atoms with Crippen LogP contribution in [0.4, 0.5) is 0 Å². The molecule has 1 aromatic carbocycles. The number of nitrogens with two attached hydrogens (primary N) is 1. The Hall–Kier alpha value is 0.582. The third-order valence-corrected chi connectivity index (χ3v) is 0.865. The predicted molar refractivity (Wildman–Crippen MR) is 52.9 cm³/mol. The Kier molecular flexibility index (Phi) is 12.1. The van der Waals surface area contributed by atoms with Gasteiger partial charge in [-0.05, 0) is 0 Å². The predicted octanol–water partition coefficient (Wildman–Crippen LogP) is 4.58. The average Bonchev–Trinajstić information content (AvgIpc) is 1.87. The van der Waals surface area contributed by atoms with Crippen LogP contribution in [-0.2, 0) is 11.4 Å². The minimum Gasteiger partial charge on any atom is -0.693 e. The number of aryl methyl sites for hydroxylation is 1. The first-order valence-corrected chi connectivity index (χ1v) is 8.05. The molecule has 0 aliphatic rings. The molecule has 0 radical (unpaired) electrons. The molecule has 0 unspecified atom stereocenters. The largest absolute Gasteiger partial charge is 0.693 e. The molecule has 2 N–H and O–H groups in total. The summed E-state index contributed by atoms with van der Waals surface area (Å²) in [4.78, 5) is 0. The normalized spacial score (nSPS) is 8.08. The fourth-order valence-corrected chi connectivity index (χ4v) is 0.483. The molecule has 1 aromatic rings. The van der Waals surface area contributed by atoms with E-state index in [9.17, 15) is 0 Å². The number of rotatable bonds is 0. The summed E-state index contributed by atoms with van der Waals surface area (Å²) in [6.45, 7) is 2.03. The van der Waals surface area contributed by atoms with Crippen molar-refractivity contribution in [1.29, 1.82) is 0 Å². The van der Waals surface area contributed by atoms with Gasteiger partial charge in [0.2, 0.25) is 0 Å². The van der Waals surface area contributed by atoms with Gasteiger partial charge in [0.15, 0.2) is 0 Å². The van der Waals surface area contributed by atoms with Crippen LogP contribution >= 0.6 is 30.1 Å². The van der Waals surface area contributed by atoms with Gasteiger partial charge in [-0.2, -0.15) is 35.9 Å². The van der Waals surface area contributed by atoms with Crippen molar-refractivity contribution in [3.05, 3.63) is 42.0 Å². The number of benzene rings is 1. The first-order chi connectivity index (χ1) is 5.13. The van der Waals surface area contributed by atoms with Crippen LogP contribution in [0.1, 0.15) is 5.56 Å². The summed E-state index contributed by atoms with van der Waals surface area (Å²) < 4.78 is 0. The summed E-state index contributed by atoms with van der Waals surface area (Å²) in [6, 6.07) is 10.9. The molecule has 0 aliphatic heterocycles. The van der Waals surface area contributed by atoms with Gasteiger partial charge in [0.25, 0.3) is 0 Å². The number of halogens is 3. The third-order valence-electron chi connectivity index (χ3n) is 0.865. The van der Waals surface area contributed by atoms with Crippen LogP contribution in [0.3, 0.4) is 0 Å². The van der Waals surface area contributed by atoms with Crippen molar-refractivity contribution < 1.29 is 11.4 Å². The zero-order chi connectivity index (χ0) is 8.69. The van der Waals surface area contributed by atoms with Gasteiger partial charge in [-0.25, -0.2) is 0 Å². The summed E-state index contributed by atoms with van der Waals surface area (Å²) in [5.74, 6) is 0. The van der Waals surface area contributed by atoms with Crippen LogP contribution in [0, 0.1) is 13.0 Å². The standard InChI is InChI=1S/C7H7.3ClH.Cr.H2N/c1-7-5-3-2-4-6-7;;;;;/h2-5H,1H3;3*1H;;1H2/q-1;;;;+3;-1/p-3. The van der Waals surface area contributed by atoms with E-state index in [0.717, 1.165) is 0 Å². The topological polar surface area (TPSA) is 33.5 Å². The van der Waals surface area contributed by atoms with Gasteiger partial charge in [-0.3, -0.25) is 0 Å². The molecular weight excluding hydrogens is 256 g/mol. The molecule has 0 bridgehead atoms. The fraction of sp³-hybridized carbons (Fsp3) is 0.143. The second-order valence-corrected chi connectivity index (χ2v) is 8.04. The van der Waals surface area contributed by atoms with Gasteiger partial charge in [-0.15, -0.1) is 0 Å². The van der Waals surface area contributed by atoms with Crippen LogP contribution in [-0.4, -0.2) is 0 Å². The minimum absolute atomic E-state index is 0. The first-order valence-electron chi connectivity index (χ1n) is 2.79. The van der Waals surface area contributed by atoms with Crippen molar-refractivity contribution >= 4 is 30.1 Å². The van der Waals surface area contributed by atoms with Gasteiger partial charge in [-0.1, -0.05) is 6.92 Å². The molecule has 12 heavy (non-hydrogen) atoms. The average molecular weight is 266 g/mol. The Morgan fingerprint density at radius 3 is 1.92 bits per heavy atom. The molecular formula is C7H9Cl3CrN-2. The molecule has 0 saturated carbocycles. The van der Waals surface area contributed by atoms with Crippen LogP contribution in [0.15, 0.2) is 24.3 Å². The molecule has 71 valence electrons. The van der Waals surface area contributed by atoms with E-state index in [1.54, 1.807) is 0 Å². The van der Waals surface area contributed by atoms with Crippen molar-refractivity contribution in [3.8, 4) is 0 Å². The molecule has 0 saturated heterocycles. The Bertz CT molecular complexity index is 179. The molecule has 1 nitrogen and oxygen atoms in total. The van der Waals surface area contributed by atoms with Crippen molar-refractivity contribution in [3.63, 3.8) is 0 Å². The van der Waals surface area contributed by atoms with Gasteiger partial charge >= 0.3 is 41.5 Å². The van der Waals surface area contributed by atoms with Gasteiger partial charge in [0, 0.05) is 0 Å². The summed E-state index contributed by atoms with van der Waals surface area (Å²) in [6.07, 6.45) is 0. The maximum Gasteiger partial charge on any atom is -0.693 e. The van der Waals surface area contributed by atoms with Crippen molar-refractivity contribution in [2.45, 2.75) is 6.92 Å². The minimum atomic E-state index is -1.62. The van der Waals surface area contributed by atoms with E-state index < -0.39 is 11.4 Å². The zero-order valence-electron chi connectivity index (χ0n) is 6.43. The Labute approximate surface area is 90.2 Å². The molecule has 5 heteroatoms. The van der Waals surface area contributed by atoms with Gasteiger partial charge in [0.05, 0.1) is 0 Å². The van der Waals surface area contributed by atoms with E-state index in [0.29, 0.717) is 0 Å². The summed E-state index contributed by atoms with van der Waals surface area (Å²) in [5.41, 5.74) is 1.20. The SMILES string of the molecule is Cc1[c-]cccc1.[Cl][Cr]([Cl])[Cl].[NH2-]. The molecule has 1 rings (SSSR count). The van der Waals surface area contributed by atoms with Crippen LogP contribution in [0.5, 0.6) is 0 Å².